The molecule has 2 unspecified atom stereocenters. The zero-order valence-electron chi connectivity index (χ0n) is 53.8. The van der Waals surface area contributed by atoms with Crippen molar-refractivity contribution in [3.8, 4) is 0 Å². The number of carbonyl (C=O) groups excluding carboxylic acids is 10. The molecule has 0 fully saturated rings. The monoisotopic (exact) mass is 1240 g/mol. The maximum Gasteiger partial charge on any atom is 0.338 e. The molecule has 1 aliphatic rings. The van der Waals surface area contributed by atoms with Crippen LogP contribution in [-0.2, 0) is 63.9 Å². The molecule has 0 saturated heterocycles. The number of rotatable bonds is 45. The molecule has 2 rings (SSSR count). The number of likely N-dealkylation sites (N-methyl/N-ethyl adjacent to an activating group) is 1. The van der Waals surface area contributed by atoms with E-state index in [1.54, 1.807) is 19.1 Å². The van der Waals surface area contributed by atoms with E-state index >= 15 is 0 Å². The molecule has 1 heterocycles. The quantitative estimate of drug-likeness (QED) is 0.00943. The molecule has 23 heteroatoms. The molecule has 498 valence electrons. The molecular formula is C65H111N10O13+. The fourth-order valence-corrected chi connectivity index (χ4v) is 10.1. The lowest BCUT2D eigenvalue weighted by molar-refractivity contribution is -0.459. The Hall–Kier alpha value is -6.81. The van der Waals surface area contributed by atoms with Gasteiger partial charge in [0, 0.05) is 38.4 Å². The second-order valence-electron chi connectivity index (χ2n) is 23.2. The number of unbranched alkanes of at least 4 members (excludes halogenated alkanes) is 24. The Morgan fingerprint density at radius 3 is 1.62 bits per heavy atom. The largest absolute Gasteiger partial charge is 0.462 e. The maximum atomic E-state index is 13.8. The standard InChI is InChI=1S/C65H110N10O13/c1-5-8-10-12-14-16-18-20-22-24-26-28-30-37-58(79)86-46-51(88-60(81)38-31-29-27-25-23-21-19-17-15-13-11-9-6-2)47-87-59(80)40-39-55(76)71-48-72-56(77)43-53-62(83)69-44-49-34-32-35-50(42-49)61(82)74-52(7-3)64(85)75(4)54(36-33-41-68-65(66)67)63(84)70-45-57(78)73-53/h32,34-35,42,51-54H,5-31,33,36-41,43-48H2,1-4H3,(H,69,83)(H,70,84)(H,71,76)(H,72,77)(H,73,78)(H,74,82)(H4,66,67,68)/p+1/t51?,52?,53-,54-/m0/s1. The van der Waals surface area contributed by atoms with Gasteiger partial charge in [0.1, 0.15) is 31.3 Å². The SMILES string of the molecule is CCCCCCCCCCCCCCCC(=O)OCC(COC(=O)CCC(=O)NCNC(=O)C[C@@H]1NC(=O)CNC(=O)[C@H](CCC[NH+]=C(N)N)N(C)C(=O)C(CC)NC(=O)c2cccc(c2)CNC1=O)OC(=O)CCCCCCCCCCCCCCC. The lowest BCUT2D eigenvalue weighted by Gasteiger charge is -2.30. The molecule has 0 saturated carbocycles. The van der Waals surface area contributed by atoms with Crippen LogP contribution in [0.3, 0.4) is 0 Å². The molecule has 7 amide bonds. The van der Waals surface area contributed by atoms with E-state index in [0.29, 0.717) is 24.8 Å². The van der Waals surface area contributed by atoms with Crippen molar-refractivity contribution in [2.45, 2.75) is 270 Å². The minimum absolute atomic E-state index is 0.0366. The van der Waals surface area contributed by atoms with Gasteiger partial charge in [0.05, 0.1) is 32.6 Å². The van der Waals surface area contributed by atoms with Crippen LogP contribution in [0.4, 0.5) is 0 Å². The van der Waals surface area contributed by atoms with Gasteiger partial charge in [-0.05, 0) is 49.8 Å². The van der Waals surface area contributed by atoms with Crippen molar-refractivity contribution in [1.82, 2.24) is 36.8 Å². The van der Waals surface area contributed by atoms with Crippen molar-refractivity contribution in [2.24, 2.45) is 11.5 Å². The van der Waals surface area contributed by atoms with Gasteiger partial charge in [0.2, 0.25) is 35.4 Å². The van der Waals surface area contributed by atoms with Crippen molar-refractivity contribution in [3.05, 3.63) is 35.4 Å². The number of guanidine groups is 1. The van der Waals surface area contributed by atoms with Crippen LogP contribution < -0.4 is 48.4 Å². The smallest absolute Gasteiger partial charge is 0.338 e. The van der Waals surface area contributed by atoms with E-state index in [0.717, 1.165) is 38.5 Å². The predicted molar refractivity (Wildman–Crippen MR) is 337 cm³/mol. The molecule has 1 aromatic rings. The highest BCUT2D eigenvalue weighted by molar-refractivity contribution is 5.99. The molecule has 0 radical (unpaired) electrons. The minimum Gasteiger partial charge on any atom is -0.462 e. The van der Waals surface area contributed by atoms with Crippen LogP contribution in [0.5, 0.6) is 0 Å². The van der Waals surface area contributed by atoms with Crippen LogP contribution in [0.15, 0.2) is 24.3 Å². The number of carbonyl (C=O) groups is 10. The molecule has 0 aliphatic carbocycles. The van der Waals surface area contributed by atoms with Gasteiger partial charge in [-0.25, -0.2) is 0 Å². The Bertz CT molecular complexity index is 2260. The summed E-state index contributed by atoms with van der Waals surface area (Å²) in [6.45, 7) is 4.56. The fourth-order valence-electron chi connectivity index (χ4n) is 10.1. The lowest BCUT2D eigenvalue weighted by Crippen LogP contribution is -2.78. The zero-order valence-corrected chi connectivity index (χ0v) is 53.8. The molecule has 0 spiro atoms. The molecule has 88 heavy (non-hydrogen) atoms. The molecule has 4 atom stereocenters. The number of amides is 7. The van der Waals surface area contributed by atoms with Crippen LogP contribution in [0.25, 0.3) is 0 Å². The first-order valence-corrected chi connectivity index (χ1v) is 33.1. The molecule has 1 aliphatic heterocycles. The van der Waals surface area contributed by atoms with E-state index in [2.05, 4.69) is 50.7 Å². The van der Waals surface area contributed by atoms with Gasteiger partial charge < -0.3 is 51.0 Å². The Balaban J connectivity index is 1.96. The summed E-state index contributed by atoms with van der Waals surface area (Å²) < 4.78 is 16.6. The number of fused-ring (bicyclic) bond motifs is 2. The zero-order chi connectivity index (χ0) is 64.6. The van der Waals surface area contributed by atoms with E-state index in [1.807, 2.05) is 0 Å². The van der Waals surface area contributed by atoms with Gasteiger partial charge in [-0.15, -0.1) is 0 Å². The molecule has 23 nitrogen and oxygen atoms in total. The van der Waals surface area contributed by atoms with Crippen LogP contribution in [-0.4, -0.2) is 134 Å². The van der Waals surface area contributed by atoms with E-state index in [4.69, 9.17) is 25.7 Å². The highest BCUT2D eigenvalue weighted by Crippen LogP contribution is 2.17. The summed E-state index contributed by atoms with van der Waals surface area (Å²) in [7, 11) is 1.41. The Morgan fingerprint density at radius 2 is 1.09 bits per heavy atom. The average molecular weight is 1240 g/mol. The summed E-state index contributed by atoms with van der Waals surface area (Å²) >= 11 is 0. The fraction of sp³-hybridized carbons (Fsp3) is 0.738. The summed E-state index contributed by atoms with van der Waals surface area (Å²) in [5.41, 5.74) is 11.7. The molecule has 1 aromatic carbocycles. The van der Waals surface area contributed by atoms with Gasteiger partial charge in [-0.2, -0.15) is 0 Å². The van der Waals surface area contributed by atoms with Crippen molar-refractivity contribution in [2.75, 3.05) is 40.0 Å². The van der Waals surface area contributed by atoms with Gasteiger partial charge in [-0.3, -0.25) is 64.4 Å². The topological polar surface area (TPSA) is 340 Å². The Labute approximate surface area is 524 Å². The summed E-state index contributed by atoms with van der Waals surface area (Å²) in [5, 5.41) is 15.3. The lowest BCUT2D eigenvalue weighted by atomic mass is 10.0. The van der Waals surface area contributed by atoms with E-state index in [1.165, 1.54) is 140 Å². The predicted octanol–water partition coefficient (Wildman–Crippen LogP) is 5.71. The first-order chi connectivity index (χ1) is 42.5. The van der Waals surface area contributed by atoms with E-state index < -0.39 is 110 Å². The normalized spacial score (nSPS) is 16.2. The molecule has 11 N–H and O–H groups in total. The number of nitrogens with zero attached hydrogens (tertiary/aromatic N) is 1. The summed E-state index contributed by atoms with van der Waals surface area (Å²) in [6, 6.07) is 2.69. The summed E-state index contributed by atoms with van der Waals surface area (Å²) in [5.74, 6) is -6.57. The number of ether oxygens (including phenoxy) is 3. The van der Waals surface area contributed by atoms with Crippen molar-refractivity contribution < 1.29 is 67.1 Å². The van der Waals surface area contributed by atoms with Crippen molar-refractivity contribution in [1.29, 1.82) is 0 Å². The number of esters is 3. The van der Waals surface area contributed by atoms with E-state index in [-0.39, 0.29) is 69.7 Å². The van der Waals surface area contributed by atoms with Crippen molar-refractivity contribution >= 4 is 65.2 Å². The highest BCUT2D eigenvalue weighted by Gasteiger charge is 2.33. The van der Waals surface area contributed by atoms with Gasteiger partial charge >= 0.3 is 23.9 Å². The van der Waals surface area contributed by atoms with E-state index in [9.17, 15) is 47.9 Å². The second-order valence-corrected chi connectivity index (χ2v) is 23.2. The Morgan fingerprint density at radius 1 is 0.591 bits per heavy atom. The highest BCUT2D eigenvalue weighted by atomic mass is 16.6. The molecule has 0 aromatic heterocycles. The molecular weight excluding hydrogens is 1130 g/mol. The number of benzene rings is 1. The second kappa shape index (κ2) is 49.1. The summed E-state index contributed by atoms with van der Waals surface area (Å²) in [6.07, 6.45) is 29.0. The maximum absolute atomic E-state index is 13.8. The van der Waals surface area contributed by atoms with Crippen molar-refractivity contribution in [3.63, 3.8) is 0 Å². The van der Waals surface area contributed by atoms with Gasteiger partial charge in [0.25, 0.3) is 5.91 Å². The third-order valence-corrected chi connectivity index (χ3v) is 15.5. The van der Waals surface area contributed by atoms with Gasteiger partial charge in [0.15, 0.2) is 6.10 Å². The van der Waals surface area contributed by atoms with Gasteiger partial charge in [-0.1, -0.05) is 187 Å². The van der Waals surface area contributed by atoms with Crippen LogP contribution >= 0.6 is 0 Å². The number of nitrogens with one attached hydrogen (secondary N) is 7. The third-order valence-electron chi connectivity index (χ3n) is 15.5. The summed E-state index contributed by atoms with van der Waals surface area (Å²) in [4.78, 5) is 136. The Kier molecular flexibility index (Phi) is 43.1. The number of hydrogen-bond acceptors (Lipinski definition) is 13. The number of nitrogens with two attached hydrogens (primary N) is 2. The van der Waals surface area contributed by atoms with Crippen LogP contribution in [0, 0.1) is 0 Å². The van der Waals surface area contributed by atoms with Crippen LogP contribution in [0.1, 0.15) is 255 Å². The molecule has 2 bridgehead atoms. The first-order valence-electron chi connectivity index (χ1n) is 33.1. The van der Waals surface area contributed by atoms with Crippen LogP contribution in [0.2, 0.25) is 0 Å². The third kappa shape index (κ3) is 37.8. The number of hydrogen-bond donors (Lipinski definition) is 9. The first kappa shape index (κ1) is 77.3. The average Bonchev–Trinajstić information content (AvgIpc) is 3.59. The minimum atomic E-state index is -1.48.